The van der Waals surface area contributed by atoms with Crippen molar-refractivity contribution in [1.82, 2.24) is 20.9 Å². The van der Waals surface area contributed by atoms with Crippen LogP contribution >= 0.6 is 0 Å². The van der Waals surface area contributed by atoms with E-state index in [2.05, 4.69) is 20.9 Å². The zero-order valence-corrected chi connectivity index (χ0v) is 13.5. The van der Waals surface area contributed by atoms with Crippen molar-refractivity contribution >= 4 is 5.97 Å². The van der Waals surface area contributed by atoms with Crippen LogP contribution in [0.15, 0.2) is 0 Å². The molecular weight excluding hydrogens is 268 g/mol. The number of nitrogens with zero attached hydrogens (tertiary/aromatic N) is 1. The lowest BCUT2D eigenvalue weighted by atomic mass is 10.3. The number of rotatable bonds is 4. The van der Waals surface area contributed by atoms with Gasteiger partial charge in [-0.2, -0.15) is 0 Å². The normalized spacial score (nSPS) is 20.6. The van der Waals surface area contributed by atoms with Gasteiger partial charge in [-0.1, -0.05) is 0 Å². The molecule has 0 bridgehead atoms. The van der Waals surface area contributed by atoms with Gasteiger partial charge in [0.15, 0.2) is 0 Å². The molecule has 0 aromatic heterocycles. The highest BCUT2D eigenvalue weighted by molar-refractivity contribution is 5.69. The zero-order valence-electron chi connectivity index (χ0n) is 13.5. The van der Waals surface area contributed by atoms with Gasteiger partial charge in [0.2, 0.25) is 0 Å². The van der Waals surface area contributed by atoms with E-state index in [1.165, 1.54) is 0 Å². The number of hydrogen-bond donors (Lipinski definition) is 3. The van der Waals surface area contributed by atoms with Gasteiger partial charge in [-0.15, -0.1) is 0 Å². The van der Waals surface area contributed by atoms with Crippen molar-refractivity contribution < 1.29 is 9.53 Å². The minimum absolute atomic E-state index is 0.0888. The zero-order chi connectivity index (χ0) is 15.2. The average molecular weight is 300 g/mol. The summed E-state index contributed by atoms with van der Waals surface area (Å²) in [5, 5.41) is 10.3. The third kappa shape index (κ3) is 10.6. The van der Waals surface area contributed by atoms with Gasteiger partial charge >= 0.3 is 5.97 Å². The largest absolute Gasteiger partial charge is 0.466 e. The summed E-state index contributed by atoms with van der Waals surface area (Å²) in [6.07, 6.45) is 2.76. The summed E-state index contributed by atoms with van der Waals surface area (Å²) >= 11 is 0. The van der Waals surface area contributed by atoms with Gasteiger partial charge in [0.05, 0.1) is 13.0 Å². The number of ether oxygens (including phenoxy) is 1. The molecule has 124 valence electrons. The molecule has 6 heteroatoms. The second-order valence-corrected chi connectivity index (χ2v) is 5.35. The van der Waals surface area contributed by atoms with Crippen LogP contribution < -0.4 is 16.0 Å². The van der Waals surface area contributed by atoms with E-state index in [0.717, 1.165) is 71.7 Å². The Labute approximate surface area is 129 Å². The quantitative estimate of drug-likeness (QED) is 0.625. The van der Waals surface area contributed by atoms with E-state index in [4.69, 9.17) is 4.74 Å². The molecule has 0 saturated carbocycles. The Morgan fingerprint density at radius 1 is 0.952 bits per heavy atom. The first-order valence-corrected chi connectivity index (χ1v) is 8.33. The highest BCUT2D eigenvalue weighted by Gasteiger charge is 2.08. The first kappa shape index (κ1) is 18.4. The van der Waals surface area contributed by atoms with Crippen LogP contribution in [0, 0.1) is 0 Å². The molecule has 0 atom stereocenters. The first-order chi connectivity index (χ1) is 10.3. The summed E-state index contributed by atoms with van der Waals surface area (Å²) in [5.74, 6) is -0.0888. The third-order valence-corrected chi connectivity index (χ3v) is 3.56. The number of hydrogen-bond acceptors (Lipinski definition) is 6. The molecule has 0 radical (unpaired) electrons. The Balaban J connectivity index is 2.26. The topological polar surface area (TPSA) is 65.6 Å². The van der Waals surface area contributed by atoms with Crippen molar-refractivity contribution in [3.8, 4) is 0 Å². The molecule has 0 amide bonds. The predicted octanol–water partition coefficient (Wildman–Crippen LogP) is -0.196. The van der Waals surface area contributed by atoms with E-state index >= 15 is 0 Å². The van der Waals surface area contributed by atoms with Crippen molar-refractivity contribution in [2.75, 3.05) is 65.5 Å². The van der Waals surface area contributed by atoms with Gasteiger partial charge in [0, 0.05) is 32.7 Å². The number of esters is 1. The van der Waals surface area contributed by atoms with E-state index < -0.39 is 0 Å². The van der Waals surface area contributed by atoms with Crippen LogP contribution in [-0.2, 0) is 9.53 Å². The van der Waals surface area contributed by atoms with E-state index in [-0.39, 0.29) is 5.97 Å². The van der Waals surface area contributed by atoms with Crippen molar-refractivity contribution in [2.24, 2.45) is 0 Å². The third-order valence-electron chi connectivity index (χ3n) is 3.56. The Morgan fingerprint density at radius 3 is 2.33 bits per heavy atom. The van der Waals surface area contributed by atoms with E-state index in [9.17, 15) is 4.79 Å². The maximum absolute atomic E-state index is 11.5. The molecule has 6 nitrogen and oxygen atoms in total. The molecule has 21 heavy (non-hydrogen) atoms. The lowest BCUT2D eigenvalue weighted by Crippen LogP contribution is -2.37. The van der Waals surface area contributed by atoms with Crippen LogP contribution in [0.25, 0.3) is 0 Å². The van der Waals surface area contributed by atoms with Crippen LogP contribution in [0.2, 0.25) is 0 Å². The maximum Gasteiger partial charge on any atom is 0.307 e. The molecule has 0 aromatic carbocycles. The number of carbonyl (C=O) groups excluding carboxylic acids is 1. The highest BCUT2D eigenvalue weighted by atomic mass is 16.5. The van der Waals surface area contributed by atoms with Crippen molar-refractivity contribution in [3.63, 3.8) is 0 Å². The molecular formula is C15H32N4O2. The van der Waals surface area contributed by atoms with E-state index in [1.807, 2.05) is 6.92 Å². The molecule has 0 aromatic rings. The van der Waals surface area contributed by atoms with E-state index in [0.29, 0.717) is 13.0 Å². The van der Waals surface area contributed by atoms with Gasteiger partial charge in [0.1, 0.15) is 0 Å². The van der Waals surface area contributed by atoms with E-state index in [1.54, 1.807) is 0 Å². The Kier molecular flexibility index (Phi) is 11.4. The number of nitrogens with one attached hydrogen (secondary N) is 3. The smallest absolute Gasteiger partial charge is 0.307 e. The van der Waals surface area contributed by atoms with Crippen molar-refractivity contribution in [2.45, 2.75) is 26.2 Å². The van der Waals surface area contributed by atoms with Crippen molar-refractivity contribution in [1.29, 1.82) is 0 Å². The minimum atomic E-state index is -0.0888. The van der Waals surface area contributed by atoms with Gasteiger partial charge in [-0.3, -0.25) is 4.79 Å². The summed E-state index contributed by atoms with van der Waals surface area (Å²) in [6, 6.07) is 0. The molecule has 1 aliphatic heterocycles. The second-order valence-electron chi connectivity index (χ2n) is 5.35. The maximum atomic E-state index is 11.5. The monoisotopic (exact) mass is 300 g/mol. The van der Waals surface area contributed by atoms with Crippen LogP contribution in [0.1, 0.15) is 26.2 Å². The summed E-state index contributed by atoms with van der Waals surface area (Å²) < 4.78 is 5.00. The predicted molar refractivity (Wildman–Crippen MR) is 85.5 cm³/mol. The first-order valence-electron chi connectivity index (χ1n) is 8.33. The van der Waals surface area contributed by atoms with Crippen LogP contribution in [-0.4, -0.2) is 76.4 Å². The minimum Gasteiger partial charge on any atom is -0.466 e. The Hall–Kier alpha value is -0.690. The fraction of sp³-hybridized carbons (Fsp3) is 0.933. The van der Waals surface area contributed by atoms with Crippen molar-refractivity contribution in [3.05, 3.63) is 0 Å². The molecule has 1 heterocycles. The average Bonchev–Trinajstić information content (AvgIpc) is 2.48. The summed E-state index contributed by atoms with van der Waals surface area (Å²) in [7, 11) is 0. The van der Waals surface area contributed by atoms with Crippen LogP contribution in [0.3, 0.4) is 0 Å². The lowest BCUT2D eigenvalue weighted by Gasteiger charge is -2.22. The summed E-state index contributed by atoms with van der Waals surface area (Å²) in [4.78, 5) is 13.8. The van der Waals surface area contributed by atoms with Gasteiger partial charge < -0.3 is 25.6 Å². The molecule has 0 unspecified atom stereocenters. The second kappa shape index (κ2) is 13.0. The number of carbonyl (C=O) groups is 1. The fourth-order valence-corrected chi connectivity index (χ4v) is 2.37. The summed E-state index contributed by atoms with van der Waals surface area (Å²) in [5.41, 5.74) is 0. The van der Waals surface area contributed by atoms with Gasteiger partial charge in [0.25, 0.3) is 0 Å². The molecule has 1 fully saturated rings. The van der Waals surface area contributed by atoms with Crippen LogP contribution in [0.5, 0.6) is 0 Å². The lowest BCUT2D eigenvalue weighted by molar-refractivity contribution is -0.143. The Morgan fingerprint density at radius 2 is 1.62 bits per heavy atom. The highest BCUT2D eigenvalue weighted by Crippen LogP contribution is 1.96. The molecule has 0 aliphatic carbocycles. The van der Waals surface area contributed by atoms with Gasteiger partial charge in [-0.05, 0) is 45.9 Å². The fourth-order valence-electron chi connectivity index (χ4n) is 2.37. The summed E-state index contributed by atoms with van der Waals surface area (Å²) in [6.45, 7) is 11.3. The van der Waals surface area contributed by atoms with Crippen LogP contribution in [0.4, 0.5) is 0 Å². The van der Waals surface area contributed by atoms with Gasteiger partial charge in [-0.25, -0.2) is 0 Å². The SMILES string of the molecule is CCOC(=O)CCN1CCCNCCNCCCNCC1. The standard InChI is InChI=1S/C15H32N4O2/c1-2-21-15(20)5-13-19-12-4-8-17-10-9-16-6-3-7-18-11-14-19/h16-18H,2-14H2,1H3. The Bertz CT molecular complexity index is 250. The molecule has 1 rings (SSSR count). The molecule has 0 spiro atoms. The molecule has 1 saturated heterocycles. The molecule has 1 aliphatic rings. The molecule has 3 N–H and O–H groups in total.